The van der Waals surface area contributed by atoms with Gasteiger partial charge in [-0.2, -0.15) is 0 Å². The summed E-state index contributed by atoms with van der Waals surface area (Å²) in [4.78, 5) is 13.6. The maximum atomic E-state index is 12.0. The van der Waals surface area contributed by atoms with Crippen LogP contribution in [0.15, 0.2) is 54.0 Å². The minimum absolute atomic E-state index is 0.0190. The number of hydrogen-bond donors (Lipinski definition) is 1. The van der Waals surface area contributed by atoms with Crippen molar-refractivity contribution in [1.29, 1.82) is 0 Å². The van der Waals surface area contributed by atoms with E-state index in [1.54, 1.807) is 17.1 Å². The van der Waals surface area contributed by atoms with Crippen LogP contribution in [0.3, 0.4) is 0 Å². The van der Waals surface area contributed by atoms with E-state index in [2.05, 4.69) is 34.4 Å². The average molecular weight is 309 g/mol. The zero-order valence-corrected chi connectivity index (χ0v) is 11.8. The molecule has 1 aromatic carbocycles. The number of halogens is 1. The first-order valence-corrected chi connectivity index (χ1v) is 6.46. The molecule has 1 rings (SSSR count). The normalized spacial score (nSPS) is 9.61. The van der Waals surface area contributed by atoms with Crippen LogP contribution in [0.1, 0.15) is 0 Å². The van der Waals surface area contributed by atoms with Gasteiger partial charge in [0.15, 0.2) is 0 Å². The molecule has 0 radical (unpaired) electrons. The number of nitrogens with zero attached hydrogens (tertiary/aromatic N) is 1. The minimum atomic E-state index is 0.0190. The summed E-state index contributed by atoms with van der Waals surface area (Å²) < 4.78 is 0.941. The van der Waals surface area contributed by atoms with Gasteiger partial charge in [-0.3, -0.25) is 4.79 Å². The highest BCUT2D eigenvalue weighted by Gasteiger charge is 2.10. The number of benzene rings is 1. The van der Waals surface area contributed by atoms with Crippen LogP contribution in [0, 0.1) is 0 Å². The SMILES string of the molecule is C=CCN(CC=C)C(=O)CNc1ccccc1Br. The summed E-state index contributed by atoms with van der Waals surface area (Å²) in [6.07, 6.45) is 3.42. The Morgan fingerprint density at radius 1 is 1.28 bits per heavy atom. The predicted molar refractivity (Wildman–Crippen MR) is 79.6 cm³/mol. The monoisotopic (exact) mass is 308 g/mol. The molecule has 0 bridgehead atoms. The fraction of sp³-hybridized carbons (Fsp3) is 0.214. The van der Waals surface area contributed by atoms with E-state index in [1.807, 2.05) is 24.3 Å². The fourth-order valence-corrected chi connectivity index (χ4v) is 1.90. The summed E-state index contributed by atoms with van der Waals surface area (Å²) in [6, 6.07) is 7.70. The largest absolute Gasteiger partial charge is 0.375 e. The van der Waals surface area contributed by atoms with Gasteiger partial charge in [-0.25, -0.2) is 0 Å². The summed E-state index contributed by atoms with van der Waals surface area (Å²) >= 11 is 3.43. The van der Waals surface area contributed by atoms with E-state index < -0.39 is 0 Å². The topological polar surface area (TPSA) is 32.3 Å². The van der Waals surface area contributed by atoms with Gasteiger partial charge in [0.1, 0.15) is 0 Å². The van der Waals surface area contributed by atoms with Crippen LogP contribution in [0.25, 0.3) is 0 Å². The van der Waals surface area contributed by atoms with E-state index in [1.165, 1.54) is 0 Å². The van der Waals surface area contributed by atoms with Crippen molar-refractivity contribution in [2.24, 2.45) is 0 Å². The van der Waals surface area contributed by atoms with Crippen molar-refractivity contribution in [2.75, 3.05) is 25.0 Å². The Bertz CT molecular complexity index is 422. The summed E-state index contributed by atoms with van der Waals surface area (Å²) in [5.41, 5.74) is 0.906. The second-order valence-corrected chi connectivity index (χ2v) is 4.56. The third kappa shape index (κ3) is 4.37. The molecule has 0 unspecified atom stereocenters. The van der Waals surface area contributed by atoms with Gasteiger partial charge in [0.2, 0.25) is 5.91 Å². The first-order chi connectivity index (χ1) is 8.69. The molecule has 0 spiro atoms. The molecule has 1 N–H and O–H groups in total. The summed E-state index contributed by atoms with van der Waals surface area (Å²) in [5.74, 6) is 0.0190. The highest BCUT2D eigenvalue weighted by atomic mass is 79.9. The van der Waals surface area contributed by atoms with Gasteiger partial charge in [0.05, 0.1) is 6.54 Å². The molecular formula is C14H17BrN2O. The van der Waals surface area contributed by atoms with Gasteiger partial charge >= 0.3 is 0 Å². The van der Waals surface area contributed by atoms with Crippen molar-refractivity contribution in [1.82, 2.24) is 4.90 Å². The first-order valence-electron chi connectivity index (χ1n) is 5.67. The maximum Gasteiger partial charge on any atom is 0.242 e. The minimum Gasteiger partial charge on any atom is -0.375 e. The third-order valence-corrected chi connectivity index (χ3v) is 3.05. The van der Waals surface area contributed by atoms with Crippen molar-refractivity contribution in [3.8, 4) is 0 Å². The molecule has 0 aliphatic carbocycles. The van der Waals surface area contributed by atoms with E-state index in [0.717, 1.165) is 10.2 Å². The molecule has 0 fully saturated rings. The summed E-state index contributed by atoms with van der Waals surface area (Å²) in [7, 11) is 0. The molecule has 0 saturated carbocycles. The van der Waals surface area contributed by atoms with Crippen molar-refractivity contribution in [3.05, 3.63) is 54.0 Å². The second-order valence-electron chi connectivity index (χ2n) is 3.71. The predicted octanol–water partition coefficient (Wildman–Crippen LogP) is 3.06. The molecule has 0 atom stereocenters. The van der Waals surface area contributed by atoms with Crippen molar-refractivity contribution in [2.45, 2.75) is 0 Å². The molecule has 96 valence electrons. The van der Waals surface area contributed by atoms with Crippen LogP contribution >= 0.6 is 15.9 Å². The smallest absolute Gasteiger partial charge is 0.242 e. The fourth-order valence-electron chi connectivity index (χ4n) is 1.48. The quantitative estimate of drug-likeness (QED) is 0.785. The molecule has 0 heterocycles. The lowest BCUT2D eigenvalue weighted by molar-refractivity contribution is -0.128. The van der Waals surface area contributed by atoms with E-state index in [9.17, 15) is 4.79 Å². The lowest BCUT2D eigenvalue weighted by Crippen LogP contribution is -2.35. The van der Waals surface area contributed by atoms with Gasteiger partial charge in [-0.1, -0.05) is 24.3 Å². The standard InChI is InChI=1S/C14H17BrN2O/c1-3-9-17(10-4-2)14(18)11-16-13-8-6-5-7-12(13)15/h3-8,16H,1-2,9-11H2. The van der Waals surface area contributed by atoms with Crippen LogP contribution in [-0.4, -0.2) is 30.4 Å². The zero-order chi connectivity index (χ0) is 13.4. The Balaban J connectivity index is 2.56. The highest BCUT2D eigenvalue weighted by molar-refractivity contribution is 9.10. The number of carbonyl (C=O) groups is 1. The number of para-hydroxylation sites is 1. The number of anilines is 1. The Labute approximate surface area is 116 Å². The lowest BCUT2D eigenvalue weighted by atomic mass is 10.3. The maximum absolute atomic E-state index is 12.0. The molecule has 18 heavy (non-hydrogen) atoms. The number of nitrogens with one attached hydrogen (secondary N) is 1. The molecule has 3 nitrogen and oxygen atoms in total. The van der Waals surface area contributed by atoms with Crippen LogP contribution in [0.4, 0.5) is 5.69 Å². The van der Waals surface area contributed by atoms with E-state index in [-0.39, 0.29) is 12.5 Å². The first kappa shape index (κ1) is 14.5. The molecular weight excluding hydrogens is 292 g/mol. The van der Waals surface area contributed by atoms with Crippen molar-refractivity contribution < 1.29 is 4.79 Å². The summed E-state index contributed by atoms with van der Waals surface area (Å²) in [5, 5.41) is 3.10. The van der Waals surface area contributed by atoms with Crippen molar-refractivity contribution >= 4 is 27.5 Å². The Kier molecular flexibility index (Phi) is 6.22. The molecule has 0 saturated heterocycles. The Hall–Kier alpha value is -1.55. The van der Waals surface area contributed by atoms with Gasteiger partial charge in [-0.15, -0.1) is 13.2 Å². The van der Waals surface area contributed by atoms with Crippen LogP contribution in [0.2, 0.25) is 0 Å². The lowest BCUT2D eigenvalue weighted by Gasteiger charge is -2.20. The third-order valence-electron chi connectivity index (χ3n) is 2.36. The average Bonchev–Trinajstić information content (AvgIpc) is 2.37. The highest BCUT2D eigenvalue weighted by Crippen LogP contribution is 2.20. The zero-order valence-electron chi connectivity index (χ0n) is 10.2. The van der Waals surface area contributed by atoms with Crippen LogP contribution < -0.4 is 5.32 Å². The molecule has 1 amide bonds. The Morgan fingerprint density at radius 3 is 2.44 bits per heavy atom. The van der Waals surface area contributed by atoms with Gasteiger partial charge in [0.25, 0.3) is 0 Å². The second kappa shape index (κ2) is 7.71. The van der Waals surface area contributed by atoms with E-state index >= 15 is 0 Å². The molecule has 0 aliphatic heterocycles. The van der Waals surface area contributed by atoms with Gasteiger partial charge < -0.3 is 10.2 Å². The summed E-state index contributed by atoms with van der Waals surface area (Å²) in [6.45, 7) is 8.60. The number of amides is 1. The Morgan fingerprint density at radius 2 is 1.89 bits per heavy atom. The van der Waals surface area contributed by atoms with E-state index in [0.29, 0.717) is 13.1 Å². The molecule has 0 aliphatic rings. The number of hydrogen-bond acceptors (Lipinski definition) is 2. The molecule has 0 aromatic heterocycles. The van der Waals surface area contributed by atoms with Crippen LogP contribution in [-0.2, 0) is 4.79 Å². The van der Waals surface area contributed by atoms with Gasteiger partial charge in [0, 0.05) is 23.2 Å². The number of rotatable bonds is 7. The molecule has 1 aromatic rings. The molecule has 4 heteroatoms. The van der Waals surface area contributed by atoms with E-state index in [4.69, 9.17) is 0 Å². The van der Waals surface area contributed by atoms with Gasteiger partial charge in [-0.05, 0) is 28.1 Å². The van der Waals surface area contributed by atoms with Crippen LogP contribution in [0.5, 0.6) is 0 Å². The number of carbonyl (C=O) groups excluding carboxylic acids is 1. The van der Waals surface area contributed by atoms with Crippen molar-refractivity contribution in [3.63, 3.8) is 0 Å².